The normalized spacial score (nSPS) is 12.8. The van der Waals surface area contributed by atoms with Gasteiger partial charge in [-0.3, -0.25) is 4.98 Å². The Morgan fingerprint density at radius 3 is 2.77 bits per heavy atom. The summed E-state index contributed by atoms with van der Waals surface area (Å²) in [6.45, 7) is 0.807. The number of alkyl halides is 1. The van der Waals surface area contributed by atoms with E-state index in [0.29, 0.717) is 4.83 Å². The summed E-state index contributed by atoms with van der Waals surface area (Å²) >= 11 is 3.62. The molecule has 0 aliphatic carbocycles. The molecule has 0 aromatic carbocycles. The van der Waals surface area contributed by atoms with E-state index in [1.807, 2.05) is 24.5 Å². The highest BCUT2D eigenvalue weighted by molar-refractivity contribution is 9.09. The van der Waals surface area contributed by atoms with Crippen molar-refractivity contribution in [1.29, 1.82) is 0 Å². The van der Waals surface area contributed by atoms with E-state index in [-0.39, 0.29) is 0 Å². The van der Waals surface area contributed by atoms with Crippen molar-refractivity contribution in [2.45, 2.75) is 17.7 Å². The van der Waals surface area contributed by atoms with E-state index in [4.69, 9.17) is 4.74 Å². The molecule has 1 atom stereocenters. The van der Waals surface area contributed by atoms with E-state index in [1.54, 1.807) is 7.11 Å². The summed E-state index contributed by atoms with van der Waals surface area (Å²) in [6, 6.07) is 4.09. The summed E-state index contributed by atoms with van der Waals surface area (Å²) in [6.07, 6.45) is 5.72. The van der Waals surface area contributed by atoms with Crippen LogP contribution in [0.15, 0.2) is 24.5 Å². The largest absolute Gasteiger partial charge is 0.385 e. The zero-order chi connectivity index (χ0) is 9.52. The molecule has 0 spiro atoms. The van der Waals surface area contributed by atoms with Crippen molar-refractivity contribution in [3.63, 3.8) is 0 Å². The SMILES string of the molecule is COCCC(Br)Cc1ccncc1. The molecule has 1 rings (SSSR count). The van der Waals surface area contributed by atoms with Gasteiger partial charge in [0.1, 0.15) is 0 Å². The third-order valence-corrected chi connectivity index (χ3v) is 2.62. The highest BCUT2D eigenvalue weighted by Crippen LogP contribution is 2.12. The molecule has 1 aromatic heterocycles. The van der Waals surface area contributed by atoms with E-state index in [2.05, 4.69) is 20.9 Å². The van der Waals surface area contributed by atoms with Crippen LogP contribution in [0.3, 0.4) is 0 Å². The van der Waals surface area contributed by atoms with Crippen LogP contribution in [0.4, 0.5) is 0 Å². The van der Waals surface area contributed by atoms with Crippen molar-refractivity contribution >= 4 is 15.9 Å². The Labute approximate surface area is 87.5 Å². The molecular formula is C10H14BrNO. The molecule has 1 aromatic rings. The zero-order valence-electron chi connectivity index (χ0n) is 7.74. The predicted octanol–water partition coefficient (Wildman–Crippen LogP) is 2.42. The van der Waals surface area contributed by atoms with E-state index < -0.39 is 0 Å². The minimum absolute atomic E-state index is 0.495. The van der Waals surface area contributed by atoms with E-state index >= 15 is 0 Å². The van der Waals surface area contributed by atoms with Gasteiger partial charge in [-0.25, -0.2) is 0 Å². The van der Waals surface area contributed by atoms with Gasteiger partial charge < -0.3 is 4.74 Å². The standard InChI is InChI=1S/C10H14BrNO/c1-13-7-4-10(11)8-9-2-5-12-6-3-9/h2-3,5-6,10H,4,7-8H2,1H3. The number of pyridine rings is 1. The quantitative estimate of drug-likeness (QED) is 0.742. The lowest BCUT2D eigenvalue weighted by molar-refractivity contribution is 0.194. The lowest BCUT2D eigenvalue weighted by Gasteiger charge is -2.08. The number of nitrogens with zero attached hydrogens (tertiary/aromatic N) is 1. The van der Waals surface area contributed by atoms with Crippen molar-refractivity contribution in [1.82, 2.24) is 4.98 Å². The number of hydrogen-bond donors (Lipinski definition) is 0. The van der Waals surface area contributed by atoms with Crippen LogP contribution in [0, 0.1) is 0 Å². The van der Waals surface area contributed by atoms with Gasteiger partial charge >= 0.3 is 0 Å². The van der Waals surface area contributed by atoms with Crippen LogP contribution < -0.4 is 0 Å². The van der Waals surface area contributed by atoms with Gasteiger partial charge in [0, 0.05) is 30.9 Å². The highest BCUT2D eigenvalue weighted by Gasteiger charge is 2.04. The average Bonchev–Trinajstić information content (AvgIpc) is 2.16. The molecule has 0 bridgehead atoms. The second-order valence-electron chi connectivity index (χ2n) is 2.94. The Kier molecular flexibility index (Phi) is 5.01. The molecule has 0 radical (unpaired) electrons. The maximum Gasteiger partial charge on any atom is 0.0473 e. The summed E-state index contributed by atoms with van der Waals surface area (Å²) in [4.78, 5) is 4.47. The smallest absolute Gasteiger partial charge is 0.0473 e. The van der Waals surface area contributed by atoms with Gasteiger partial charge in [0.15, 0.2) is 0 Å². The first-order valence-corrected chi connectivity index (χ1v) is 5.26. The van der Waals surface area contributed by atoms with Crippen LogP contribution in [-0.2, 0) is 11.2 Å². The minimum atomic E-state index is 0.495. The molecule has 0 saturated carbocycles. The first kappa shape index (κ1) is 10.7. The third-order valence-electron chi connectivity index (χ3n) is 1.84. The number of ether oxygens (including phenoxy) is 1. The van der Waals surface area contributed by atoms with Gasteiger partial charge in [-0.2, -0.15) is 0 Å². The number of aromatic nitrogens is 1. The summed E-state index contributed by atoms with van der Waals surface area (Å²) in [5.74, 6) is 0. The molecule has 0 fully saturated rings. The molecule has 13 heavy (non-hydrogen) atoms. The van der Waals surface area contributed by atoms with Crippen molar-refractivity contribution in [2.75, 3.05) is 13.7 Å². The fraction of sp³-hybridized carbons (Fsp3) is 0.500. The summed E-state index contributed by atoms with van der Waals surface area (Å²) < 4.78 is 5.01. The molecule has 3 heteroatoms. The van der Waals surface area contributed by atoms with Crippen LogP contribution in [0.2, 0.25) is 0 Å². The van der Waals surface area contributed by atoms with Gasteiger partial charge in [-0.05, 0) is 30.5 Å². The molecule has 0 saturated heterocycles. The molecule has 72 valence electrons. The minimum Gasteiger partial charge on any atom is -0.385 e. The molecule has 0 N–H and O–H groups in total. The monoisotopic (exact) mass is 243 g/mol. The van der Waals surface area contributed by atoms with Crippen LogP contribution in [0.25, 0.3) is 0 Å². The Morgan fingerprint density at radius 2 is 2.15 bits per heavy atom. The van der Waals surface area contributed by atoms with Crippen LogP contribution in [0.1, 0.15) is 12.0 Å². The van der Waals surface area contributed by atoms with Crippen molar-refractivity contribution < 1.29 is 4.74 Å². The molecule has 2 nitrogen and oxygen atoms in total. The maximum absolute atomic E-state index is 5.01. The summed E-state index contributed by atoms with van der Waals surface area (Å²) in [5, 5.41) is 0. The fourth-order valence-corrected chi connectivity index (χ4v) is 1.68. The lowest BCUT2D eigenvalue weighted by atomic mass is 10.1. The maximum atomic E-state index is 5.01. The van der Waals surface area contributed by atoms with E-state index in [0.717, 1.165) is 19.4 Å². The average molecular weight is 244 g/mol. The van der Waals surface area contributed by atoms with Crippen LogP contribution in [0.5, 0.6) is 0 Å². The van der Waals surface area contributed by atoms with Gasteiger partial charge in [-0.1, -0.05) is 15.9 Å². The summed E-state index contributed by atoms with van der Waals surface area (Å²) in [5.41, 5.74) is 1.31. The molecule has 0 aliphatic rings. The molecule has 1 unspecified atom stereocenters. The van der Waals surface area contributed by atoms with Crippen molar-refractivity contribution in [3.8, 4) is 0 Å². The zero-order valence-corrected chi connectivity index (χ0v) is 9.33. The van der Waals surface area contributed by atoms with E-state index in [1.165, 1.54) is 5.56 Å². The second kappa shape index (κ2) is 6.11. The molecule has 0 amide bonds. The Hall–Kier alpha value is -0.410. The second-order valence-corrected chi connectivity index (χ2v) is 4.23. The van der Waals surface area contributed by atoms with Gasteiger partial charge in [0.2, 0.25) is 0 Å². The Morgan fingerprint density at radius 1 is 1.46 bits per heavy atom. The summed E-state index contributed by atoms with van der Waals surface area (Å²) in [7, 11) is 1.73. The fourth-order valence-electron chi connectivity index (χ4n) is 1.12. The Bertz CT molecular complexity index is 228. The van der Waals surface area contributed by atoms with Gasteiger partial charge in [-0.15, -0.1) is 0 Å². The molecule has 0 aliphatic heterocycles. The number of methoxy groups -OCH3 is 1. The van der Waals surface area contributed by atoms with Gasteiger partial charge in [0.25, 0.3) is 0 Å². The van der Waals surface area contributed by atoms with Crippen LogP contribution in [-0.4, -0.2) is 23.5 Å². The predicted molar refractivity (Wildman–Crippen MR) is 57.1 cm³/mol. The van der Waals surface area contributed by atoms with Gasteiger partial charge in [0.05, 0.1) is 0 Å². The van der Waals surface area contributed by atoms with Crippen molar-refractivity contribution in [3.05, 3.63) is 30.1 Å². The van der Waals surface area contributed by atoms with E-state index in [9.17, 15) is 0 Å². The number of halogens is 1. The Balaban J connectivity index is 2.32. The third kappa shape index (κ3) is 4.39. The number of hydrogen-bond acceptors (Lipinski definition) is 2. The first-order valence-electron chi connectivity index (χ1n) is 4.35. The van der Waals surface area contributed by atoms with Crippen LogP contribution >= 0.6 is 15.9 Å². The first-order chi connectivity index (χ1) is 6.33. The van der Waals surface area contributed by atoms with Crippen molar-refractivity contribution in [2.24, 2.45) is 0 Å². The topological polar surface area (TPSA) is 22.1 Å². The highest BCUT2D eigenvalue weighted by atomic mass is 79.9. The molecular weight excluding hydrogens is 230 g/mol. The molecule has 1 heterocycles. The number of rotatable bonds is 5. The lowest BCUT2D eigenvalue weighted by Crippen LogP contribution is -2.06.